The molecule has 1 aliphatic rings. The molecule has 0 spiro atoms. The molecule has 1 rings (SSSR count). The molecule has 0 aliphatic heterocycles. The van der Waals surface area contributed by atoms with Gasteiger partial charge in [0.2, 0.25) is 0 Å². The standard InChI is InChI=1S/C9H11NO2/c1-6(5-10)9(2)4-3-7(9)8(11)12/h3-4,6-7H,1-2H3,(H,11,12)/t6-,7?,9+/m0/s1. The second-order valence-corrected chi connectivity index (χ2v) is 3.39. The Labute approximate surface area is 71.3 Å². The van der Waals surface area contributed by atoms with Gasteiger partial charge < -0.3 is 5.11 Å². The maximum Gasteiger partial charge on any atom is 0.311 e. The number of nitrogens with zero attached hydrogens (tertiary/aromatic N) is 1. The van der Waals surface area contributed by atoms with E-state index in [0.29, 0.717) is 0 Å². The Hall–Kier alpha value is -1.30. The number of carbonyl (C=O) groups is 1. The van der Waals surface area contributed by atoms with Crippen molar-refractivity contribution in [2.45, 2.75) is 13.8 Å². The van der Waals surface area contributed by atoms with Crippen molar-refractivity contribution in [3.63, 3.8) is 0 Å². The van der Waals surface area contributed by atoms with Gasteiger partial charge in [-0.1, -0.05) is 19.1 Å². The highest BCUT2D eigenvalue weighted by Crippen LogP contribution is 2.45. The predicted octanol–water partition coefficient (Wildman–Crippen LogP) is 1.42. The van der Waals surface area contributed by atoms with Gasteiger partial charge in [-0.05, 0) is 6.92 Å². The van der Waals surface area contributed by atoms with Crippen LogP contribution in [-0.4, -0.2) is 11.1 Å². The van der Waals surface area contributed by atoms with Gasteiger partial charge in [0.25, 0.3) is 0 Å². The van der Waals surface area contributed by atoms with E-state index >= 15 is 0 Å². The first kappa shape index (κ1) is 8.79. The van der Waals surface area contributed by atoms with Crippen LogP contribution in [0.1, 0.15) is 13.8 Å². The summed E-state index contributed by atoms with van der Waals surface area (Å²) in [4.78, 5) is 10.7. The summed E-state index contributed by atoms with van der Waals surface area (Å²) >= 11 is 0. The molecule has 0 amide bonds. The molecule has 0 saturated carbocycles. The van der Waals surface area contributed by atoms with Crippen molar-refractivity contribution in [3.05, 3.63) is 12.2 Å². The largest absolute Gasteiger partial charge is 0.481 e. The maximum absolute atomic E-state index is 10.7. The van der Waals surface area contributed by atoms with Crippen molar-refractivity contribution in [1.82, 2.24) is 0 Å². The Balaban J connectivity index is 2.84. The number of rotatable bonds is 2. The van der Waals surface area contributed by atoms with Crippen molar-refractivity contribution >= 4 is 5.97 Å². The summed E-state index contributed by atoms with van der Waals surface area (Å²) in [6.45, 7) is 3.55. The van der Waals surface area contributed by atoms with E-state index in [9.17, 15) is 4.79 Å². The number of allylic oxidation sites excluding steroid dienone is 1. The van der Waals surface area contributed by atoms with Crippen LogP contribution in [0.15, 0.2) is 12.2 Å². The van der Waals surface area contributed by atoms with Gasteiger partial charge in [0, 0.05) is 5.41 Å². The lowest BCUT2D eigenvalue weighted by molar-refractivity contribution is -0.144. The summed E-state index contributed by atoms with van der Waals surface area (Å²) in [6.07, 6.45) is 3.44. The number of carboxylic acid groups (broad SMARTS) is 1. The number of hydrogen-bond acceptors (Lipinski definition) is 2. The van der Waals surface area contributed by atoms with Crippen LogP contribution in [0.5, 0.6) is 0 Å². The van der Waals surface area contributed by atoms with E-state index in [-0.39, 0.29) is 5.92 Å². The first-order valence-corrected chi connectivity index (χ1v) is 3.84. The highest BCUT2D eigenvalue weighted by Gasteiger charge is 2.45. The van der Waals surface area contributed by atoms with E-state index in [1.165, 1.54) is 0 Å². The minimum absolute atomic E-state index is 0.247. The molecular weight excluding hydrogens is 154 g/mol. The van der Waals surface area contributed by atoms with Crippen molar-refractivity contribution in [1.29, 1.82) is 5.26 Å². The Bertz CT molecular complexity index is 277. The molecule has 3 nitrogen and oxygen atoms in total. The van der Waals surface area contributed by atoms with Gasteiger partial charge in [-0.15, -0.1) is 0 Å². The van der Waals surface area contributed by atoms with E-state index in [4.69, 9.17) is 10.4 Å². The van der Waals surface area contributed by atoms with Crippen molar-refractivity contribution < 1.29 is 9.90 Å². The molecule has 0 bridgehead atoms. The lowest BCUT2D eigenvalue weighted by atomic mass is 9.62. The number of hydrogen-bond donors (Lipinski definition) is 1. The Morgan fingerprint density at radius 3 is 2.67 bits per heavy atom. The summed E-state index contributed by atoms with van der Waals surface area (Å²) in [5, 5.41) is 17.4. The van der Waals surface area contributed by atoms with Gasteiger partial charge >= 0.3 is 5.97 Å². The minimum Gasteiger partial charge on any atom is -0.481 e. The van der Waals surface area contributed by atoms with Crippen LogP contribution >= 0.6 is 0 Å². The highest BCUT2D eigenvalue weighted by molar-refractivity contribution is 5.76. The fraction of sp³-hybridized carbons (Fsp3) is 0.556. The van der Waals surface area contributed by atoms with Crippen molar-refractivity contribution in [3.8, 4) is 6.07 Å². The molecule has 0 saturated heterocycles. The number of aliphatic carboxylic acids is 1. The van der Waals surface area contributed by atoms with Crippen LogP contribution in [0.2, 0.25) is 0 Å². The third-order valence-corrected chi connectivity index (χ3v) is 2.71. The SMILES string of the molecule is C[C@@H](C#N)[C@@]1(C)C=CC1C(=O)O. The van der Waals surface area contributed by atoms with Gasteiger partial charge in [0.1, 0.15) is 0 Å². The van der Waals surface area contributed by atoms with Crippen LogP contribution in [0.3, 0.4) is 0 Å². The van der Waals surface area contributed by atoms with E-state index in [0.717, 1.165) is 0 Å². The van der Waals surface area contributed by atoms with E-state index in [1.807, 2.05) is 0 Å². The molecule has 0 aromatic rings. The molecule has 0 aromatic heterocycles. The fourth-order valence-corrected chi connectivity index (χ4v) is 1.40. The minimum atomic E-state index is -0.845. The number of nitriles is 1. The topological polar surface area (TPSA) is 61.1 Å². The molecule has 3 atom stereocenters. The van der Waals surface area contributed by atoms with E-state index < -0.39 is 17.3 Å². The molecule has 12 heavy (non-hydrogen) atoms. The zero-order chi connectivity index (χ0) is 9.35. The monoisotopic (exact) mass is 165 g/mol. The average molecular weight is 165 g/mol. The van der Waals surface area contributed by atoms with Crippen LogP contribution in [0.4, 0.5) is 0 Å². The molecule has 0 aromatic carbocycles. The van der Waals surface area contributed by atoms with E-state index in [1.54, 1.807) is 26.0 Å². The quantitative estimate of drug-likeness (QED) is 0.629. The molecule has 0 heterocycles. The van der Waals surface area contributed by atoms with E-state index in [2.05, 4.69) is 6.07 Å². The first-order valence-electron chi connectivity index (χ1n) is 3.84. The molecule has 0 fully saturated rings. The van der Waals surface area contributed by atoms with Gasteiger partial charge in [-0.3, -0.25) is 4.79 Å². The van der Waals surface area contributed by atoms with Gasteiger partial charge in [-0.25, -0.2) is 0 Å². The molecular formula is C9H11NO2. The molecule has 0 radical (unpaired) electrons. The summed E-state index contributed by atoms with van der Waals surface area (Å²) in [5.41, 5.74) is -0.472. The highest BCUT2D eigenvalue weighted by atomic mass is 16.4. The van der Waals surface area contributed by atoms with Crippen LogP contribution in [-0.2, 0) is 4.79 Å². The summed E-state index contributed by atoms with van der Waals surface area (Å²) in [5.74, 6) is -1.59. The smallest absolute Gasteiger partial charge is 0.311 e. The average Bonchev–Trinajstić information content (AvgIpc) is 1.98. The number of carboxylic acids is 1. The lowest BCUT2D eigenvalue weighted by Gasteiger charge is -2.39. The maximum atomic E-state index is 10.7. The van der Waals surface area contributed by atoms with Gasteiger partial charge in [0.15, 0.2) is 0 Å². The van der Waals surface area contributed by atoms with Crippen LogP contribution < -0.4 is 0 Å². The third kappa shape index (κ3) is 1.00. The Morgan fingerprint density at radius 1 is 1.83 bits per heavy atom. The summed E-state index contributed by atoms with van der Waals surface area (Å²) in [6, 6.07) is 2.08. The normalized spacial score (nSPS) is 34.9. The van der Waals surface area contributed by atoms with Gasteiger partial charge in [-0.2, -0.15) is 5.26 Å². The second-order valence-electron chi connectivity index (χ2n) is 3.39. The Morgan fingerprint density at radius 2 is 2.42 bits per heavy atom. The molecule has 64 valence electrons. The summed E-state index contributed by atoms with van der Waals surface area (Å²) in [7, 11) is 0. The second kappa shape index (κ2) is 2.63. The first-order chi connectivity index (χ1) is 5.52. The Kier molecular flexibility index (Phi) is 1.93. The summed E-state index contributed by atoms with van der Waals surface area (Å²) < 4.78 is 0. The van der Waals surface area contributed by atoms with Crippen LogP contribution in [0, 0.1) is 28.6 Å². The van der Waals surface area contributed by atoms with Crippen molar-refractivity contribution in [2.75, 3.05) is 0 Å². The molecule has 3 heteroatoms. The molecule has 1 aliphatic carbocycles. The van der Waals surface area contributed by atoms with Crippen molar-refractivity contribution in [2.24, 2.45) is 17.3 Å². The fourth-order valence-electron chi connectivity index (χ4n) is 1.40. The predicted molar refractivity (Wildman–Crippen MR) is 43.1 cm³/mol. The molecule has 1 N–H and O–H groups in total. The van der Waals surface area contributed by atoms with Crippen LogP contribution in [0.25, 0.3) is 0 Å². The van der Waals surface area contributed by atoms with Gasteiger partial charge in [0.05, 0.1) is 17.9 Å². The zero-order valence-corrected chi connectivity index (χ0v) is 7.11. The third-order valence-electron chi connectivity index (χ3n) is 2.71. The zero-order valence-electron chi connectivity index (χ0n) is 7.11. The lowest BCUT2D eigenvalue weighted by Crippen LogP contribution is -2.41. The molecule has 1 unspecified atom stereocenters.